The molecule has 0 N–H and O–H groups in total. The number of rotatable bonds is 1. The molecule has 0 aliphatic carbocycles. The third-order valence-electron chi connectivity index (χ3n) is 2.81. The van der Waals surface area contributed by atoms with Crippen LogP contribution in [0.25, 0.3) is 0 Å². The Bertz CT molecular complexity index is 313. The van der Waals surface area contributed by atoms with E-state index in [9.17, 15) is 4.79 Å². The highest BCUT2D eigenvalue weighted by molar-refractivity contribution is 5.93. The fourth-order valence-electron chi connectivity index (χ4n) is 1.83. The van der Waals surface area contributed by atoms with Gasteiger partial charge in [-0.1, -0.05) is 65.0 Å². The number of benzene rings is 1. The SMILES string of the molecule is CC.CC.CC(=O)c1ccccc1.CC1CCN(C)C1. The average molecular weight is 279 g/mol. The van der Waals surface area contributed by atoms with Crippen LogP contribution in [0.4, 0.5) is 0 Å². The Morgan fingerprint density at radius 3 is 1.80 bits per heavy atom. The zero-order chi connectivity index (χ0) is 16.0. The van der Waals surface area contributed by atoms with Gasteiger partial charge in [-0.05, 0) is 32.9 Å². The lowest BCUT2D eigenvalue weighted by Gasteiger charge is -2.03. The summed E-state index contributed by atoms with van der Waals surface area (Å²) in [5.74, 6) is 1.07. The topological polar surface area (TPSA) is 20.3 Å². The molecule has 0 bridgehead atoms. The fraction of sp³-hybridized carbons (Fsp3) is 0.611. The van der Waals surface area contributed by atoms with E-state index in [1.807, 2.05) is 58.0 Å². The van der Waals surface area contributed by atoms with Gasteiger partial charge in [0.05, 0.1) is 0 Å². The van der Waals surface area contributed by atoms with Gasteiger partial charge in [-0.3, -0.25) is 4.79 Å². The Kier molecular flexibility index (Phi) is 15.1. The smallest absolute Gasteiger partial charge is 0.159 e. The Morgan fingerprint density at radius 1 is 1.10 bits per heavy atom. The van der Waals surface area contributed by atoms with E-state index in [-0.39, 0.29) is 5.78 Å². The van der Waals surface area contributed by atoms with E-state index in [1.54, 1.807) is 6.92 Å². The molecule has 2 heteroatoms. The molecule has 1 saturated heterocycles. The van der Waals surface area contributed by atoms with Gasteiger partial charge >= 0.3 is 0 Å². The molecule has 1 unspecified atom stereocenters. The van der Waals surface area contributed by atoms with Crippen LogP contribution in [-0.4, -0.2) is 30.8 Å². The van der Waals surface area contributed by atoms with Crippen molar-refractivity contribution in [2.24, 2.45) is 5.92 Å². The lowest BCUT2D eigenvalue weighted by atomic mass is 10.2. The normalized spacial score (nSPS) is 16.6. The first-order chi connectivity index (χ1) is 9.59. The quantitative estimate of drug-likeness (QED) is 0.681. The fourth-order valence-corrected chi connectivity index (χ4v) is 1.83. The minimum Gasteiger partial charge on any atom is -0.306 e. The van der Waals surface area contributed by atoms with Crippen LogP contribution in [0.15, 0.2) is 30.3 Å². The monoisotopic (exact) mass is 279 g/mol. The lowest BCUT2D eigenvalue weighted by molar-refractivity contribution is 0.101. The molecule has 1 aromatic rings. The maximum Gasteiger partial charge on any atom is 0.159 e. The number of likely N-dealkylation sites (tertiary alicyclic amines) is 1. The minimum atomic E-state index is 0.121. The molecule has 1 aliphatic heterocycles. The van der Waals surface area contributed by atoms with Gasteiger partial charge in [0.25, 0.3) is 0 Å². The third kappa shape index (κ3) is 10.7. The summed E-state index contributed by atoms with van der Waals surface area (Å²) in [7, 11) is 2.18. The van der Waals surface area contributed by atoms with Crippen LogP contribution in [0.2, 0.25) is 0 Å². The number of Topliss-reactive ketones (excluding diaryl/α,β-unsaturated/α-hetero) is 1. The molecule has 1 atom stereocenters. The summed E-state index contributed by atoms with van der Waals surface area (Å²) in [5, 5.41) is 0. The molecule has 2 nitrogen and oxygen atoms in total. The molecule has 20 heavy (non-hydrogen) atoms. The highest BCUT2D eigenvalue weighted by atomic mass is 16.1. The largest absolute Gasteiger partial charge is 0.306 e. The van der Waals surface area contributed by atoms with Crippen LogP contribution >= 0.6 is 0 Å². The molecule has 0 amide bonds. The zero-order valence-corrected chi connectivity index (χ0v) is 14.4. The predicted octanol–water partition coefficient (Wildman–Crippen LogP) is 4.90. The number of hydrogen-bond donors (Lipinski definition) is 0. The first kappa shape index (κ1) is 21.2. The minimum absolute atomic E-state index is 0.121. The van der Waals surface area contributed by atoms with Gasteiger partial charge in [0.15, 0.2) is 5.78 Å². The second-order valence-electron chi connectivity index (χ2n) is 4.58. The van der Waals surface area contributed by atoms with E-state index in [4.69, 9.17) is 0 Å². The highest BCUT2D eigenvalue weighted by Gasteiger charge is 2.13. The summed E-state index contributed by atoms with van der Waals surface area (Å²) in [4.78, 5) is 13.0. The third-order valence-corrected chi connectivity index (χ3v) is 2.81. The van der Waals surface area contributed by atoms with E-state index in [2.05, 4.69) is 18.9 Å². The summed E-state index contributed by atoms with van der Waals surface area (Å²) in [6.45, 7) is 14.5. The van der Waals surface area contributed by atoms with Crippen molar-refractivity contribution in [3.8, 4) is 0 Å². The van der Waals surface area contributed by atoms with Crippen molar-refractivity contribution in [2.45, 2.75) is 48.0 Å². The lowest BCUT2D eigenvalue weighted by Crippen LogP contribution is -2.12. The van der Waals surface area contributed by atoms with Gasteiger partial charge < -0.3 is 4.90 Å². The second kappa shape index (κ2) is 14.3. The maximum atomic E-state index is 10.6. The molecular formula is C18H33NO. The number of carbonyl (C=O) groups is 1. The first-order valence-electron chi connectivity index (χ1n) is 7.84. The van der Waals surface area contributed by atoms with Crippen LogP contribution in [0, 0.1) is 5.92 Å². The number of nitrogens with zero attached hydrogens (tertiary/aromatic N) is 1. The van der Waals surface area contributed by atoms with Gasteiger partial charge in [-0.25, -0.2) is 0 Å². The number of ketones is 1. The van der Waals surface area contributed by atoms with E-state index < -0.39 is 0 Å². The molecule has 1 aliphatic rings. The van der Waals surface area contributed by atoms with Crippen LogP contribution < -0.4 is 0 Å². The molecule has 0 spiro atoms. The van der Waals surface area contributed by atoms with Crippen LogP contribution in [0.1, 0.15) is 58.3 Å². The van der Waals surface area contributed by atoms with Gasteiger partial charge in [-0.2, -0.15) is 0 Å². The molecule has 1 aromatic carbocycles. The van der Waals surface area contributed by atoms with Crippen molar-refractivity contribution in [3.05, 3.63) is 35.9 Å². The van der Waals surface area contributed by atoms with Crippen molar-refractivity contribution >= 4 is 5.78 Å². The summed E-state index contributed by atoms with van der Waals surface area (Å²) in [5.41, 5.74) is 0.775. The molecule has 1 heterocycles. The van der Waals surface area contributed by atoms with Crippen LogP contribution in [-0.2, 0) is 0 Å². The molecule has 2 rings (SSSR count). The Balaban J connectivity index is 0. The summed E-state index contributed by atoms with van der Waals surface area (Å²) in [6, 6.07) is 9.23. The highest BCUT2D eigenvalue weighted by Crippen LogP contribution is 2.11. The van der Waals surface area contributed by atoms with Crippen molar-refractivity contribution in [1.82, 2.24) is 4.90 Å². The summed E-state index contributed by atoms with van der Waals surface area (Å²) in [6.07, 6.45) is 1.40. The first-order valence-corrected chi connectivity index (χ1v) is 7.84. The van der Waals surface area contributed by atoms with Gasteiger partial charge in [0.1, 0.15) is 0 Å². The van der Waals surface area contributed by atoms with Gasteiger partial charge in [-0.15, -0.1) is 0 Å². The maximum absolute atomic E-state index is 10.6. The molecule has 116 valence electrons. The summed E-state index contributed by atoms with van der Waals surface area (Å²) < 4.78 is 0. The molecule has 0 aromatic heterocycles. The Hall–Kier alpha value is -1.15. The van der Waals surface area contributed by atoms with E-state index >= 15 is 0 Å². The van der Waals surface area contributed by atoms with Crippen LogP contribution in [0.5, 0.6) is 0 Å². The van der Waals surface area contributed by atoms with Gasteiger partial charge in [0.2, 0.25) is 0 Å². The van der Waals surface area contributed by atoms with Crippen LogP contribution in [0.3, 0.4) is 0 Å². The molecule has 0 radical (unpaired) electrons. The summed E-state index contributed by atoms with van der Waals surface area (Å²) >= 11 is 0. The van der Waals surface area contributed by atoms with E-state index in [0.29, 0.717) is 0 Å². The predicted molar refractivity (Wildman–Crippen MR) is 90.4 cm³/mol. The molecule has 0 saturated carbocycles. The van der Waals surface area contributed by atoms with Gasteiger partial charge in [0, 0.05) is 12.1 Å². The standard InChI is InChI=1S/C8H8O.C6H13N.2C2H6/c1-7(9)8-5-3-2-4-6-8;1-6-3-4-7(2)5-6;2*1-2/h2-6H,1H3;6H,3-5H2,1-2H3;2*1-2H3. The zero-order valence-electron chi connectivity index (χ0n) is 14.4. The number of carbonyl (C=O) groups excluding carboxylic acids is 1. The molecule has 1 fully saturated rings. The van der Waals surface area contributed by atoms with Crippen molar-refractivity contribution in [2.75, 3.05) is 20.1 Å². The Morgan fingerprint density at radius 2 is 1.60 bits per heavy atom. The second-order valence-corrected chi connectivity index (χ2v) is 4.58. The van der Waals surface area contributed by atoms with E-state index in [1.165, 1.54) is 19.5 Å². The van der Waals surface area contributed by atoms with Crippen molar-refractivity contribution in [1.29, 1.82) is 0 Å². The number of hydrogen-bond acceptors (Lipinski definition) is 2. The van der Waals surface area contributed by atoms with Crippen molar-refractivity contribution < 1.29 is 4.79 Å². The van der Waals surface area contributed by atoms with Crippen molar-refractivity contribution in [3.63, 3.8) is 0 Å². The Labute approximate surface area is 126 Å². The van der Waals surface area contributed by atoms with E-state index in [0.717, 1.165) is 11.5 Å². The average Bonchev–Trinajstić information content (AvgIpc) is 2.88. The molecular weight excluding hydrogens is 246 g/mol.